The van der Waals surface area contributed by atoms with E-state index in [1.165, 1.54) is 12.1 Å². The number of nitrogens with two attached hydrogens (primary N) is 1. The zero-order chi connectivity index (χ0) is 16.6. The molecule has 0 aromatic heterocycles. The first-order valence-corrected chi connectivity index (χ1v) is 7.31. The van der Waals surface area contributed by atoms with Crippen LogP contribution in [-0.4, -0.2) is 12.5 Å². The van der Waals surface area contributed by atoms with Crippen LogP contribution in [0.1, 0.15) is 19.4 Å². The van der Waals surface area contributed by atoms with Gasteiger partial charge in [-0.25, -0.2) is 4.39 Å². The lowest BCUT2D eigenvalue weighted by atomic mass is 9.98. The van der Waals surface area contributed by atoms with Crippen molar-refractivity contribution < 1.29 is 13.9 Å². The first kappa shape index (κ1) is 15.1. The molecule has 4 N–H and O–H groups in total. The SMILES string of the molecule is CC(C)C(=N)c1ccc(Nc2c(F)ccc3c2OCO3)cc1N. The van der Waals surface area contributed by atoms with Crippen LogP contribution in [0.3, 0.4) is 0 Å². The fourth-order valence-electron chi connectivity index (χ4n) is 2.41. The van der Waals surface area contributed by atoms with Crippen LogP contribution in [0.4, 0.5) is 21.5 Å². The highest BCUT2D eigenvalue weighted by Gasteiger charge is 2.21. The largest absolute Gasteiger partial charge is 0.454 e. The Morgan fingerprint density at radius 2 is 2.04 bits per heavy atom. The van der Waals surface area contributed by atoms with E-state index in [-0.39, 0.29) is 18.4 Å². The van der Waals surface area contributed by atoms with E-state index in [1.54, 1.807) is 18.2 Å². The first-order chi connectivity index (χ1) is 11.0. The highest BCUT2D eigenvalue weighted by Crippen LogP contribution is 2.42. The maximum atomic E-state index is 14.1. The second kappa shape index (κ2) is 5.79. The van der Waals surface area contributed by atoms with Gasteiger partial charge >= 0.3 is 0 Å². The minimum atomic E-state index is -0.438. The van der Waals surface area contributed by atoms with Crippen LogP contribution in [0.15, 0.2) is 30.3 Å². The summed E-state index contributed by atoms with van der Waals surface area (Å²) in [5.41, 5.74) is 8.49. The molecule has 120 valence electrons. The number of rotatable bonds is 4. The Morgan fingerprint density at radius 1 is 1.26 bits per heavy atom. The molecule has 3 rings (SSSR count). The molecule has 1 aliphatic heterocycles. The molecule has 0 bridgehead atoms. The summed E-state index contributed by atoms with van der Waals surface area (Å²) in [7, 11) is 0. The van der Waals surface area contributed by atoms with Crippen molar-refractivity contribution in [3.05, 3.63) is 41.7 Å². The van der Waals surface area contributed by atoms with Gasteiger partial charge < -0.3 is 25.9 Å². The van der Waals surface area contributed by atoms with Crippen molar-refractivity contribution in [1.29, 1.82) is 5.41 Å². The zero-order valence-electron chi connectivity index (χ0n) is 12.9. The summed E-state index contributed by atoms with van der Waals surface area (Å²) in [4.78, 5) is 0. The Kier molecular flexibility index (Phi) is 3.82. The van der Waals surface area contributed by atoms with E-state index in [0.717, 1.165) is 0 Å². The van der Waals surface area contributed by atoms with E-state index in [9.17, 15) is 4.39 Å². The van der Waals surface area contributed by atoms with Gasteiger partial charge in [0.05, 0.1) is 0 Å². The number of nitrogen functional groups attached to an aromatic ring is 1. The Morgan fingerprint density at radius 3 is 2.74 bits per heavy atom. The summed E-state index contributed by atoms with van der Waals surface area (Å²) in [6.07, 6.45) is 0. The molecule has 6 heteroatoms. The van der Waals surface area contributed by atoms with Gasteiger partial charge in [-0.1, -0.05) is 13.8 Å². The molecule has 5 nitrogen and oxygen atoms in total. The predicted molar refractivity (Wildman–Crippen MR) is 88.3 cm³/mol. The molecular formula is C17H18FN3O2. The normalized spacial score (nSPS) is 12.5. The average Bonchev–Trinajstić information content (AvgIpc) is 2.98. The predicted octanol–water partition coefficient (Wildman–Crippen LogP) is 3.90. The van der Waals surface area contributed by atoms with Gasteiger partial charge in [0.15, 0.2) is 17.3 Å². The molecule has 0 unspecified atom stereocenters. The van der Waals surface area contributed by atoms with Gasteiger partial charge in [-0.05, 0) is 36.2 Å². The number of hydrogen-bond acceptors (Lipinski definition) is 5. The minimum Gasteiger partial charge on any atom is -0.454 e. The maximum absolute atomic E-state index is 14.1. The fourth-order valence-corrected chi connectivity index (χ4v) is 2.41. The van der Waals surface area contributed by atoms with E-state index in [2.05, 4.69) is 5.32 Å². The Hall–Kier alpha value is -2.76. The Bertz CT molecular complexity index is 775. The lowest BCUT2D eigenvalue weighted by Gasteiger charge is -2.14. The molecule has 2 aromatic rings. The number of benzene rings is 2. The van der Waals surface area contributed by atoms with Crippen molar-refractivity contribution in [2.75, 3.05) is 17.8 Å². The molecule has 0 atom stereocenters. The maximum Gasteiger partial charge on any atom is 0.231 e. The third kappa shape index (κ3) is 2.79. The van der Waals surface area contributed by atoms with Crippen molar-refractivity contribution in [3.8, 4) is 11.5 Å². The zero-order valence-corrected chi connectivity index (χ0v) is 12.9. The molecule has 23 heavy (non-hydrogen) atoms. The topological polar surface area (TPSA) is 80.4 Å². The second-order valence-corrected chi connectivity index (χ2v) is 5.65. The smallest absolute Gasteiger partial charge is 0.231 e. The number of anilines is 3. The third-order valence-corrected chi connectivity index (χ3v) is 3.68. The van der Waals surface area contributed by atoms with Crippen molar-refractivity contribution in [2.45, 2.75) is 13.8 Å². The Balaban J connectivity index is 1.92. The van der Waals surface area contributed by atoms with E-state index in [1.807, 2.05) is 13.8 Å². The van der Waals surface area contributed by atoms with Crippen molar-refractivity contribution >= 4 is 22.8 Å². The second-order valence-electron chi connectivity index (χ2n) is 5.65. The molecule has 0 amide bonds. The van der Waals surface area contributed by atoms with Gasteiger partial charge in [0, 0.05) is 22.6 Å². The lowest BCUT2D eigenvalue weighted by Crippen LogP contribution is -2.10. The molecular weight excluding hydrogens is 297 g/mol. The summed E-state index contributed by atoms with van der Waals surface area (Å²) in [6, 6.07) is 8.06. The van der Waals surface area contributed by atoms with Gasteiger partial charge in [0.25, 0.3) is 0 Å². The fraction of sp³-hybridized carbons (Fsp3) is 0.235. The standard InChI is InChI=1S/C17H18FN3O2/c1-9(2)15(20)11-4-3-10(7-13(11)19)21-16-12(18)5-6-14-17(16)23-8-22-14/h3-7,9,20-21H,8,19H2,1-2H3. The van der Waals surface area contributed by atoms with Gasteiger partial charge in [0.2, 0.25) is 6.79 Å². The van der Waals surface area contributed by atoms with E-state index in [0.29, 0.717) is 34.1 Å². The van der Waals surface area contributed by atoms with Crippen LogP contribution in [0.5, 0.6) is 11.5 Å². The molecule has 0 saturated carbocycles. The number of hydrogen-bond donors (Lipinski definition) is 3. The van der Waals surface area contributed by atoms with Gasteiger partial charge in [-0.2, -0.15) is 0 Å². The van der Waals surface area contributed by atoms with E-state index >= 15 is 0 Å². The van der Waals surface area contributed by atoms with Crippen LogP contribution < -0.4 is 20.5 Å². The summed E-state index contributed by atoms with van der Waals surface area (Å²) in [5, 5.41) is 11.0. The van der Waals surface area contributed by atoms with Crippen LogP contribution >= 0.6 is 0 Å². The number of halogens is 1. The number of ether oxygens (including phenoxy) is 2. The molecule has 1 aliphatic rings. The highest BCUT2D eigenvalue weighted by atomic mass is 19.1. The molecule has 0 fully saturated rings. The molecule has 0 aliphatic carbocycles. The summed E-state index contributed by atoms with van der Waals surface area (Å²) in [5.74, 6) is 0.492. The average molecular weight is 315 g/mol. The van der Waals surface area contributed by atoms with E-state index in [4.69, 9.17) is 20.6 Å². The number of fused-ring (bicyclic) bond motifs is 1. The van der Waals surface area contributed by atoms with Crippen LogP contribution in [-0.2, 0) is 0 Å². The number of nitrogens with one attached hydrogen (secondary N) is 2. The third-order valence-electron chi connectivity index (χ3n) is 3.68. The monoisotopic (exact) mass is 315 g/mol. The van der Waals surface area contributed by atoms with E-state index < -0.39 is 5.82 Å². The van der Waals surface area contributed by atoms with Gasteiger partial charge in [0.1, 0.15) is 5.69 Å². The first-order valence-electron chi connectivity index (χ1n) is 7.31. The van der Waals surface area contributed by atoms with Gasteiger partial charge in [-0.3, -0.25) is 0 Å². The van der Waals surface area contributed by atoms with Crippen LogP contribution in [0, 0.1) is 17.1 Å². The quantitative estimate of drug-likeness (QED) is 0.590. The highest BCUT2D eigenvalue weighted by molar-refractivity contribution is 6.04. The van der Waals surface area contributed by atoms with Gasteiger partial charge in [-0.15, -0.1) is 0 Å². The molecule has 0 spiro atoms. The summed E-state index contributed by atoms with van der Waals surface area (Å²) >= 11 is 0. The van der Waals surface area contributed by atoms with Crippen molar-refractivity contribution in [3.63, 3.8) is 0 Å². The molecule has 1 heterocycles. The van der Waals surface area contributed by atoms with Crippen LogP contribution in [0.25, 0.3) is 0 Å². The molecule has 0 radical (unpaired) electrons. The lowest BCUT2D eigenvalue weighted by molar-refractivity contribution is 0.174. The summed E-state index contributed by atoms with van der Waals surface area (Å²) in [6.45, 7) is 3.95. The van der Waals surface area contributed by atoms with Crippen molar-refractivity contribution in [2.24, 2.45) is 5.92 Å². The minimum absolute atomic E-state index is 0.0695. The Labute approximate surface area is 133 Å². The molecule has 2 aromatic carbocycles. The van der Waals surface area contributed by atoms with Crippen LogP contribution in [0.2, 0.25) is 0 Å². The summed E-state index contributed by atoms with van der Waals surface area (Å²) < 4.78 is 24.6. The molecule has 0 saturated heterocycles. The van der Waals surface area contributed by atoms with Crippen molar-refractivity contribution in [1.82, 2.24) is 0 Å².